The predicted molar refractivity (Wildman–Crippen MR) is 132 cm³/mol. The molecule has 180 valence electrons. The van der Waals surface area contributed by atoms with Gasteiger partial charge in [0, 0.05) is 23.9 Å². The average Bonchev–Trinajstić information content (AvgIpc) is 3.54. The summed E-state index contributed by atoms with van der Waals surface area (Å²) < 4.78 is 22.1. The van der Waals surface area contributed by atoms with Crippen LogP contribution in [0, 0.1) is 0 Å². The molecular formula is C25H23N3O6S. The zero-order valence-electron chi connectivity index (χ0n) is 19.2. The van der Waals surface area contributed by atoms with Crippen molar-refractivity contribution in [2.75, 3.05) is 45.8 Å². The number of para-hydroxylation sites is 2. The Morgan fingerprint density at radius 3 is 2.63 bits per heavy atom. The summed E-state index contributed by atoms with van der Waals surface area (Å²) in [4.78, 5) is 32.6. The lowest BCUT2D eigenvalue weighted by atomic mass is 10.2. The molecule has 0 saturated carbocycles. The van der Waals surface area contributed by atoms with E-state index in [4.69, 9.17) is 18.6 Å². The lowest BCUT2D eigenvalue weighted by Crippen LogP contribution is -2.40. The number of hydrogen-bond acceptors (Lipinski definition) is 8. The number of anilines is 1. The number of morpholine rings is 1. The van der Waals surface area contributed by atoms with Crippen molar-refractivity contribution in [2.45, 2.75) is 0 Å². The van der Waals surface area contributed by atoms with E-state index in [1.165, 1.54) is 11.3 Å². The molecule has 35 heavy (non-hydrogen) atoms. The summed E-state index contributed by atoms with van der Waals surface area (Å²) in [5.74, 6) is 0.459. The Hall–Kier alpha value is -3.89. The van der Waals surface area contributed by atoms with Gasteiger partial charge in [0.2, 0.25) is 5.76 Å². The molecule has 0 bridgehead atoms. The van der Waals surface area contributed by atoms with Gasteiger partial charge in [-0.25, -0.2) is 4.98 Å². The summed E-state index contributed by atoms with van der Waals surface area (Å²) in [5, 5.41) is 5.77. The number of carbonyl (C=O) groups excluding carboxylic acids is 2. The zero-order chi connectivity index (χ0) is 24.4. The number of nitrogens with zero attached hydrogens (tertiary/aromatic N) is 2. The summed E-state index contributed by atoms with van der Waals surface area (Å²) in [6.07, 6.45) is 0. The van der Waals surface area contributed by atoms with E-state index in [0.29, 0.717) is 65.0 Å². The van der Waals surface area contributed by atoms with Crippen LogP contribution in [0.4, 0.5) is 5.69 Å². The first kappa shape index (κ1) is 22.9. The Kier molecular flexibility index (Phi) is 6.39. The van der Waals surface area contributed by atoms with E-state index >= 15 is 0 Å². The summed E-state index contributed by atoms with van der Waals surface area (Å²) in [7, 11) is 3.12. The second-order valence-corrected chi connectivity index (χ2v) is 8.60. The van der Waals surface area contributed by atoms with Crippen LogP contribution in [-0.2, 0) is 4.74 Å². The Bertz CT molecular complexity index is 1390. The molecule has 9 nitrogen and oxygen atoms in total. The monoisotopic (exact) mass is 493 g/mol. The molecule has 1 saturated heterocycles. The molecular weight excluding hydrogens is 470 g/mol. The quantitative estimate of drug-likeness (QED) is 0.427. The molecule has 0 atom stereocenters. The molecule has 0 unspecified atom stereocenters. The molecule has 4 aromatic rings. The number of furan rings is 1. The van der Waals surface area contributed by atoms with Gasteiger partial charge in [0.1, 0.15) is 22.0 Å². The van der Waals surface area contributed by atoms with E-state index in [1.807, 2.05) is 24.3 Å². The van der Waals surface area contributed by atoms with Crippen molar-refractivity contribution < 1.29 is 28.2 Å². The Morgan fingerprint density at radius 1 is 1.06 bits per heavy atom. The van der Waals surface area contributed by atoms with Crippen molar-refractivity contribution in [1.29, 1.82) is 0 Å². The molecule has 1 fully saturated rings. The third-order valence-corrected chi connectivity index (χ3v) is 6.57. The van der Waals surface area contributed by atoms with Crippen molar-refractivity contribution in [3.05, 3.63) is 59.3 Å². The molecule has 0 radical (unpaired) electrons. The number of benzene rings is 2. The highest BCUT2D eigenvalue weighted by atomic mass is 32.1. The molecule has 1 aliphatic rings. The minimum Gasteiger partial charge on any atom is -0.493 e. The van der Waals surface area contributed by atoms with Gasteiger partial charge in [-0.1, -0.05) is 18.2 Å². The van der Waals surface area contributed by atoms with Crippen molar-refractivity contribution in [2.24, 2.45) is 0 Å². The van der Waals surface area contributed by atoms with Crippen LogP contribution in [0.1, 0.15) is 21.0 Å². The third-order valence-electron chi connectivity index (χ3n) is 5.70. The minimum absolute atomic E-state index is 0.0892. The van der Waals surface area contributed by atoms with Crippen molar-refractivity contribution in [1.82, 2.24) is 9.88 Å². The minimum atomic E-state index is -0.447. The van der Waals surface area contributed by atoms with Crippen molar-refractivity contribution in [3.8, 4) is 22.1 Å². The normalized spacial score (nSPS) is 13.6. The number of ether oxygens (including phenoxy) is 3. The maximum atomic E-state index is 13.2. The van der Waals surface area contributed by atoms with E-state index in [2.05, 4.69) is 10.3 Å². The highest BCUT2D eigenvalue weighted by molar-refractivity contribution is 7.13. The number of fused-ring (bicyclic) bond motifs is 1. The van der Waals surface area contributed by atoms with Crippen LogP contribution in [0.15, 0.2) is 52.3 Å². The first-order chi connectivity index (χ1) is 17.1. The number of hydrogen-bond donors (Lipinski definition) is 1. The van der Waals surface area contributed by atoms with Crippen LogP contribution in [0.2, 0.25) is 0 Å². The summed E-state index contributed by atoms with van der Waals surface area (Å²) in [5.41, 5.74) is 1.77. The Morgan fingerprint density at radius 2 is 1.86 bits per heavy atom. The molecule has 0 spiro atoms. The number of rotatable bonds is 6. The molecule has 1 aliphatic heterocycles. The number of nitrogens with one attached hydrogen (secondary N) is 1. The maximum absolute atomic E-state index is 13.2. The van der Waals surface area contributed by atoms with Gasteiger partial charge in [0.05, 0.1) is 33.0 Å². The van der Waals surface area contributed by atoms with Crippen molar-refractivity contribution in [3.63, 3.8) is 0 Å². The SMILES string of the molecule is COc1cccc(-c2nc(C(=O)Nc3c(C(=O)N4CCOCC4)oc4ccccc34)cs2)c1OC. The van der Waals surface area contributed by atoms with E-state index < -0.39 is 5.91 Å². The van der Waals surface area contributed by atoms with Crippen LogP contribution in [0.5, 0.6) is 11.5 Å². The molecule has 3 heterocycles. The lowest BCUT2D eigenvalue weighted by Gasteiger charge is -2.26. The zero-order valence-corrected chi connectivity index (χ0v) is 20.0. The van der Waals surface area contributed by atoms with Gasteiger partial charge < -0.3 is 28.8 Å². The van der Waals surface area contributed by atoms with Gasteiger partial charge in [-0.3, -0.25) is 9.59 Å². The molecule has 2 aromatic heterocycles. The van der Waals surface area contributed by atoms with E-state index in [0.717, 1.165) is 0 Å². The molecule has 2 amide bonds. The second-order valence-electron chi connectivity index (χ2n) is 7.74. The number of thiazole rings is 1. The van der Waals surface area contributed by atoms with Gasteiger partial charge in [0.25, 0.3) is 11.8 Å². The molecule has 2 aromatic carbocycles. The summed E-state index contributed by atoms with van der Waals surface area (Å²) in [6.45, 7) is 1.84. The summed E-state index contributed by atoms with van der Waals surface area (Å²) in [6, 6.07) is 12.7. The van der Waals surface area contributed by atoms with Crippen LogP contribution in [0.3, 0.4) is 0 Å². The topological polar surface area (TPSA) is 103 Å². The molecule has 1 N–H and O–H groups in total. The number of aromatic nitrogens is 1. The van der Waals surface area contributed by atoms with Crippen LogP contribution in [-0.4, -0.2) is 62.2 Å². The Labute approximate surface area is 205 Å². The third kappa shape index (κ3) is 4.33. The first-order valence-corrected chi connectivity index (χ1v) is 11.9. The smallest absolute Gasteiger partial charge is 0.291 e. The lowest BCUT2D eigenvalue weighted by molar-refractivity contribution is 0.0285. The molecule has 0 aliphatic carbocycles. The maximum Gasteiger partial charge on any atom is 0.291 e. The van der Waals surface area contributed by atoms with Crippen LogP contribution < -0.4 is 14.8 Å². The fourth-order valence-electron chi connectivity index (χ4n) is 3.97. The van der Waals surface area contributed by atoms with Crippen LogP contribution in [0.25, 0.3) is 21.5 Å². The predicted octanol–water partition coefficient (Wildman–Crippen LogP) is 4.30. The van der Waals surface area contributed by atoms with Gasteiger partial charge >= 0.3 is 0 Å². The number of amides is 2. The Balaban J connectivity index is 1.46. The fourth-order valence-corrected chi connectivity index (χ4v) is 4.79. The number of carbonyl (C=O) groups is 2. The average molecular weight is 494 g/mol. The molecule has 10 heteroatoms. The summed E-state index contributed by atoms with van der Waals surface area (Å²) >= 11 is 1.31. The van der Waals surface area contributed by atoms with Gasteiger partial charge in [-0.15, -0.1) is 11.3 Å². The fraction of sp³-hybridized carbons (Fsp3) is 0.240. The number of methoxy groups -OCH3 is 2. The highest BCUT2D eigenvalue weighted by Gasteiger charge is 2.28. The van der Waals surface area contributed by atoms with E-state index in [-0.39, 0.29) is 17.4 Å². The first-order valence-electron chi connectivity index (χ1n) is 11.0. The van der Waals surface area contributed by atoms with Gasteiger partial charge in [-0.2, -0.15) is 0 Å². The second kappa shape index (κ2) is 9.77. The van der Waals surface area contributed by atoms with Crippen molar-refractivity contribution >= 4 is 39.8 Å². The van der Waals surface area contributed by atoms with E-state index in [9.17, 15) is 9.59 Å². The van der Waals surface area contributed by atoms with Gasteiger partial charge in [0.15, 0.2) is 11.5 Å². The standard InChI is InChI=1S/C25H23N3O6S/c1-31-19-9-5-7-16(21(19)32-2)24-26-17(14-35-24)23(29)27-20-15-6-3-4-8-18(15)34-22(20)25(30)28-10-12-33-13-11-28/h3-9,14H,10-13H2,1-2H3,(H,27,29). The largest absolute Gasteiger partial charge is 0.493 e. The highest BCUT2D eigenvalue weighted by Crippen LogP contribution is 2.39. The van der Waals surface area contributed by atoms with E-state index in [1.54, 1.807) is 42.7 Å². The van der Waals surface area contributed by atoms with Crippen LogP contribution >= 0.6 is 11.3 Å². The van der Waals surface area contributed by atoms with Gasteiger partial charge in [-0.05, 0) is 24.3 Å². The molecule has 5 rings (SSSR count).